The first-order valence-electron chi connectivity index (χ1n) is 5.00. The first kappa shape index (κ1) is 10.4. The number of hydrogen-bond donors (Lipinski definition) is 1. The molecule has 2 aromatic heterocycles. The predicted octanol–water partition coefficient (Wildman–Crippen LogP) is 2.33. The van der Waals surface area contributed by atoms with E-state index in [-0.39, 0.29) is 0 Å². The van der Waals surface area contributed by atoms with Gasteiger partial charge in [-0.25, -0.2) is 4.98 Å². The monoisotopic (exact) mass is 221 g/mol. The van der Waals surface area contributed by atoms with Gasteiger partial charge in [-0.05, 0) is 27.0 Å². The first-order valence-corrected chi connectivity index (χ1v) is 5.88. The fraction of sp³-hybridized carbons (Fsp3) is 0.364. The van der Waals surface area contributed by atoms with Gasteiger partial charge >= 0.3 is 0 Å². The highest BCUT2D eigenvalue weighted by Gasteiger charge is 2.06. The van der Waals surface area contributed by atoms with Gasteiger partial charge in [-0.1, -0.05) is 6.08 Å². The van der Waals surface area contributed by atoms with E-state index in [2.05, 4.69) is 45.4 Å². The van der Waals surface area contributed by atoms with E-state index in [1.807, 2.05) is 14.0 Å². The topological polar surface area (TPSA) is 29.3 Å². The number of likely N-dealkylation sites (N-methyl/N-ethyl adjacent to an activating group) is 1. The summed E-state index contributed by atoms with van der Waals surface area (Å²) in [5, 5.41) is 5.23. The van der Waals surface area contributed by atoms with Crippen LogP contribution in [0.1, 0.15) is 18.3 Å². The van der Waals surface area contributed by atoms with Gasteiger partial charge in [0.1, 0.15) is 0 Å². The fourth-order valence-electron chi connectivity index (χ4n) is 1.44. The lowest BCUT2D eigenvalue weighted by atomic mass is 10.2. The molecule has 0 aliphatic rings. The summed E-state index contributed by atoms with van der Waals surface area (Å²) in [6.45, 7) is 4.17. The molecule has 0 aromatic carbocycles. The summed E-state index contributed by atoms with van der Waals surface area (Å²) in [6, 6.07) is 0.383. The molecule has 1 atom stereocenters. The first-order chi connectivity index (χ1) is 7.22. The van der Waals surface area contributed by atoms with Crippen molar-refractivity contribution in [2.24, 2.45) is 0 Å². The van der Waals surface area contributed by atoms with Crippen LogP contribution in [0.2, 0.25) is 0 Å². The average molecular weight is 221 g/mol. The van der Waals surface area contributed by atoms with Crippen LogP contribution in [0.3, 0.4) is 0 Å². The molecule has 3 nitrogen and oxygen atoms in total. The third kappa shape index (κ3) is 1.96. The molecule has 0 saturated heterocycles. The second-order valence-electron chi connectivity index (χ2n) is 3.57. The molecule has 1 N–H and O–H groups in total. The average Bonchev–Trinajstić information content (AvgIpc) is 2.75. The van der Waals surface area contributed by atoms with Crippen LogP contribution in [0, 0.1) is 6.92 Å². The van der Waals surface area contributed by atoms with Crippen LogP contribution in [-0.4, -0.2) is 22.5 Å². The molecule has 1 unspecified atom stereocenters. The number of fused-ring (bicyclic) bond motifs is 1. The van der Waals surface area contributed by atoms with Crippen LogP contribution >= 0.6 is 11.3 Å². The summed E-state index contributed by atoms with van der Waals surface area (Å²) < 4.78 is 2.12. The van der Waals surface area contributed by atoms with Crippen molar-refractivity contribution < 1.29 is 0 Å². The minimum Gasteiger partial charge on any atom is -0.314 e. The summed E-state index contributed by atoms with van der Waals surface area (Å²) >= 11 is 1.66. The molecule has 80 valence electrons. The lowest BCUT2D eigenvalue weighted by Crippen LogP contribution is -2.17. The van der Waals surface area contributed by atoms with Crippen LogP contribution in [-0.2, 0) is 0 Å². The SMILES string of the molecule is CNC(C)/C=C/c1c(C)nc2sccn12. The van der Waals surface area contributed by atoms with Gasteiger partial charge in [-0.3, -0.25) is 4.40 Å². The smallest absolute Gasteiger partial charge is 0.194 e. The zero-order chi connectivity index (χ0) is 10.8. The number of aryl methyl sites for hydroxylation is 1. The Morgan fingerprint density at radius 3 is 3.13 bits per heavy atom. The summed E-state index contributed by atoms with van der Waals surface area (Å²) in [7, 11) is 1.96. The molecule has 15 heavy (non-hydrogen) atoms. The Balaban J connectivity index is 2.37. The number of aromatic nitrogens is 2. The van der Waals surface area contributed by atoms with E-state index in [4.69, 9.17) is 0 Å². The van der Waals surface area contributed by atoms with Gasteiger partial charge in [0.15, 0.2) is 4.96 Å². The number of hydrogen-bond acceptors (Lipinski definition) is 3. The van der Waals surface area contributed by atoms with Gasteiger partial charge in [0, 0.05) is 17.6 Å². The van der Waals surface area contributed by atoms with Crippen molar-refractivity contribution in [3.8, 4) is 0 Å². The summed E-state index contributed by atoms with van der Waals surface area (Å²) in [5.41, 5.74) is 2.26. The van der Waals surface area contributed by atoms with Gasteiger partial charge in [0.05, 0.1) is 11.4 Å². The third-order valence-electron chi connectivity index (χ3n) is 2.48. The Hall–Kier alpha value is -1.13. The maximum Gasteiger partial charge on any atom is 0.194 e. The van der Waals surface area contributed by atoms with Crippen LogP contribution in [0.5, 0.6) is 0 Å². The Kier molecular flexibility index (Phi) is 2.88. The van der Waals surface area contributed by atoms with E-state index in [9.17, 15) is 0 Å². The van der Waals surface area contributed by atoms with Gasteiger partial charge in [-0.15, -0.1) is 11.3 Å². The molecule has 0 aliphatic carbocycles. The van der Waals surface area contributed by atoms with Crippen molar-refractivity contribution in [2.45, 2.75) is 19.9 Å². The van der Waals surface area contributed by atoms with Gasteiger partial charge < -0.3 is 5.32 Å². The number of rotatable bonds is 3. The molecule has 2 aromatic rings. The van der Waals surface area contributed by atoms with Crippen molar-refractivity contribution in [3.05, 3.63) is 29.0 Å². The van der Waals surface area contributed by atoms with Crippen molar-refractivity contribution in [1.82, 2.24) is 14.7 Å². The molecule has 0 fully saturated rings. The fourth-order valence-corrected chi connectivity index (χ4v) is 2.21. The molecule has 0 spiro atoms. The second kappa shape index (κ2) is 4.16. The normalized spacial score (nSPS) is 14.1. The number of nitrogens with zero attached hydrogens (tertiary/aromatic N) is 2. The molecular formula is C11H15N3S. The van der Waals surface area contributed by atoms with E-state index < -0.39 is 0 Å². The van der Waals surface area contributed by atoms with Crippen LogP contribution in [0.25, 0.3) is 11.0 Å². The number of thiazole rings is 1. The minimum atomic E-state index is 0.383. The lowest BCUT2D eigenvalue weighted by Gasteiger charge is -2.02. The molecule has 0 radical (unpaired) electrons. The molecule has 0 bridgehead atoms. The molecular weight excluding hydrogens is 206 g/mol. The van der Waals surface area contributed by atoms with Crippen LogP contribution in [0.15, 0.2) is 17.7 Å². The standard InChI is InChI=1S/C11H15N3S/c1-8(12-3)4-5-10-9(2)13-11-14(10)6-7-15-11/h4-8,12H,1-3H3/b5-4+. The highest BCUT2D eigenvalue weighted by Crippen LogP contribution is 2.17. The zero-order valence-corrected chi connectivity index (χ0v) is 10.0. The maximum atomic E-state index is 4.49. The maximum absolute atomic E-state index is 4.49. The minimum absolute atomic E-state index is 0.383. The Morgan fingerprint density at radius 1 is 1.60 bits per heavy atom. The van der Waals surface area contributed by atoms with Gasteiger partial charge in [0.2, 0.25) is 0 Å². The van der Waals surface area contributed by atoms with Crippen LogP contribution < -0.4 is 5.32 Å². The van der Waals surface area contributed by atoms with E-state index >= 15 is 0 Å². The molecule has 0 saturated carbocycles. The van der Waals surface area contributed by atoms with Crippen molar-refractivity contribution in [3.63, 3.8) is 0 Å². The van der Waals surface area contributed by atoms with E-state index in [1.165, 1.54) is 5.69 Å². The summed E-state index contributed by atoms with van der Waals surface area (Å²) in [5.74, 6) is 0. The predicted molar refractivity (Wildman–Crippen MR) is 65.4 cm³/mol. The Bertz CT molecular complexity index is 481. The molecule has 2 heterocycles. The molecule has 0 aliphatic heterocycles. The lowest BCUT2D eigenvalue weighted by molar-refractivity contribution is 0.731. The van der Waals surface area contributed by atoms with Crippen LogP contribution in [0.4, 0.5) is 0 Å². The summed E-state index contributed by atoms with van der Waals surface area (Å²) in [4.78, 5) is 5.55. The van der Waals surface area contributed by atoms with E-state index in [0.717, 1.165) is 10.7 Å². The highest BCUT2D eigenvalue weighted by atomic mass is 32.1. The Labute approximate surface area is 93.5 Å². The largest absolute Gasteiger partial charge is 0.314 e. The molecule has 4 heteroatoms. The van der Waals surface area contributed by atoms with E-state index in [1.54, 1.807) is 11.3 Å². The van der Waals surface area contributed by atoms with Crippen molar-refractivity contribution >= 4 is 22.4 Å². The molecule has 0 amide bonds. The summed E-state index contributed by atoms with van der Waals surface area (Å²) in [6.07, 6.45) is 6.33. The highest BCUT2D eigenvalue weighted by molar-refractivity contribution is 7.15. The van der Waals surface area contributed by atoms with Gasteiger partial charge in [0.25, 0.3) is 0 Å². The van der Waals surface area contributed by atoms with Gasteiger partial charge in [-0.2, -0.15) is 0 Å². The third-order valence-corrected chi connectivity index (χ3v) is 3.24. The number of nitrogens with one attached hydrogen (secondary N) is 1. The Morgan fingerprint density at radius 2 is 2.40 bits per heavy atom. The quantitative estimate of drug-likeness (QED) is 0.862. The van der Waals surface area contributed by atoms with Crippen molar-refractivity contribution in [1.29, 1.82) is 0 Å². The number of imidazole rings is 1. The van der Waals surface area contributed by atoms with E-state index in [0.29, 0.717) is 6.04 Å². The zero-order valence-electron chi connectivity index (χ0n) is 9.19. The second-order valence-corrected chi connectivity index (χ2v) is 4.45. The van der Waals surface area contributed by atoms with Crippen molar-refractivity contribution in [2.75, 3.05) is 7.05 Å². The molecule has 2 rings (SSSR count).